The highest BCUT2D eigenvalue weighted by molar-refractivity contribution is 6.07. The molecule has 1 aromatic heterocycles. The van der Waals surface area contributed by atoms with Crippen molar-refractivity contribution in [2.24, 2.45) is 0 Å². The summed E-state index contributed by atoms with van der Waals surface area (Å²) in [5.74, 6) is 0.306. The minimum Gasteiger partial charge on any atom is -0.355 e. The van der Waals surface area contributed by atoms with E-state index >= 15 is 0 Å². The second-order valence-electron chi connectivity index (χ2n) is 7.39. The average Bonchev–Trinajstić information content (AvgIpc) is 3.49. The Bertz CT molecular complexity index is 1230. The van der Waals surface area contributed by atoms with Crippen LogP contribution in [0.15, 0.2) is 77.3 Å². The van der Waals surface area contributed by atoms with Crippen molar-refractivity contribution in [3.63, 3.8) is 0 Å². The first-order valence-electron chi connectivity index (χ1n) is 9.84. The van der Waals surface area contributed by atoms with Gasteiger partial charge in [0.05, 0.1) is 5.39 Å². The number of amides is 2. The van der Waals surface area contributed by atoms with Crippen LogP contribution in [0.4, 0.5) is 5.69 Å². The van der Waals surface area contributed by atoms with E-state index in [1.54, 1.807) is 42.5 Å². The summed E-state index contributed by atoms with van der Waals surface area (Å²) in [5.41, 5.74) is 3.29. The Hall–Kier alpha value is -3.93. The number of anilines is 1. The fourth-order valence-electron chi connectivity index (χ4n) is 3.29. The Morgan fingerprint density at radius 3 is 2.33 bits per heavy atom. The lowest BCUT2D eigenvalue weighted by molar-refractivity contribution is 0.0950. The number of benzene rings is 3. The zero-order valence-corrected chi connectivity index (χ0v) is 16.1. The van der Waals surface area contributed by atoms with Crippen molar-refractivity contribution in [2.75, 3.05) is 5.32 Å². The quantitative estimate of drug-likeness (QED) is 0.514. The van der Waals surface area contributed by atoms with Gasteiger partial charge in [-0.1, -0.05) is 35.5 Å². The molecule has 148 valence electrons. The van der Waals surface area contributed by atoms with E-state index in [0.29, 0.717) is 34.1 Å². The van der Waals surface area contributed by atoms with Crippen LogP contribution in [-0.2, 0) is 0 Å². The molecular weight excluding hydrogens is 378 g/mol. The summed E-state index contributed by atoms with van der Waals surface area (Å²) in [6, 6.07) is 22.1. The van der Waals surface area contributed by atoms with E-state index in [2.05, 4.69) is 15.8 Å². The van der Waals surface area contributed by atoms with Crippen LogP contribution < -0.4 is 10.6 Å². The minimum atomic E-state index is -0.243. The lowest BCUT2D eigenvalue weighted by atomic mass is 10.1. The predicted molar refractivity (Wildman–Crippen MR) is 114 cm³/mol. The maximum Gasteiger partial charge on any atom is 0.255 e. The van der Waals surface area contributed by atoms with E-state index in [0.717, 1.165) is 23.8 Å². The number of hydrogen-bond donors (Lipinski definition) is 2. The van der Waals surface area contributed by atoms with Gasteiger partial charge < -0.3 is 15.2 Å². The first kappa shape index (κ1) is 18.1. The number of carbonyl (C=O) groups is 2. The lowest BCUT2D eigenvalue weighted by Gasteiger charge is -2.07. The summed E-state index contributed by atoms with van der Waals surface area (Å²) < 4.78 is 5.50. The van der Waals surface area contributed by atoms with Crippen molar-refractivity contribution in [2.45, 2.75) is 18.9 Å². The maximum absolute atomic E-state index is 12.8. The summed E-state index contributed by atoms with van der Waals surface area (Å²) in [6.07, 6.45) is 2.09. The monoisotopic (exact) mass is 397 g/mol. The van der Waals surface area contributed by atoms with Gasteiger partial charge in [0.2, 0.25) is 0 Å². The van der Waals surface area contributed by atoms with Crippen LogP contribution in [0.2, 0.25) is 0 Å². The van der Waals surface area contributed by atoms with Crippen molar-refractivity contribution >= 4 is 28.4 Å². The van der Waals surface area contributed by atoms with Crippen LogP contribution in [0.3, 0.4) is 0 Å². The van der Waals surface area contributed by atoms with Crippen LogP contribution in [0, 0.1) is 0 Å². The van der Waals surface area contributed by atoms with Crippen LogP contribution in [-0.4, -0.2) is 23.0 Å². The van der Waals surface area contributed by atoms with Gasteiger partial charge in [-0.15, -0.1) is 0 Å². The molecule has 6 nitrogen and oxygen atoms in total. The molecule has 1 aliphatic carbocycles. The lowest BCUT2D eigenvalue weighted by Crippen LogP contribution is -2.25. The molecule has 1 fully saturated rings. The van der Waals surface area contributed by atoms with Crippen LogP contribution in [0.5, 0.6) is 0 Å². The minimum absolute atomic E-state index is 0.0817. The number of hydrogen-bond acceptors (Lipinski definition) is 4. The molecule has 5 rings (SSSR count). The van der Waals surface area contributed by atoms with Gasteiger partial charge in [0.1, 0.15) is 5.52 Å². The summed E-state index contributed by atoms with van der Waals surface area (Å²) >= 11 is 0. The van der Waals surface area contributed by atoms with Crippen molar-refractivity contribution in [1.82, 2.24) is 10.5 Å². The van der Waals surface area contributed by atoms with Crippen molar-refractivity contribution in [1.29, 1.82) is 0 Å². The molecule has 0 radical (unpaired) electrons. The Labute approximate surface area is 172 Å². The number of rotatable bonds is 5. The number of aromatic nitrogens is 1. The zero-order chi connectivity index (χ0) is 20.5. The Balaban J connectivity index is 1.35. The second-order valence-corrected chi connectivity index (χ2v) is 7.39. The Morgan fingerprint density at radius 1 is 0.867 bits per heavy atom. The molecule has 1 aliphatic rings. The Kier molecular flexibility index (Phi) is 4.52. The maximum atomic E-state index is 12.8. The highest BCUT2D eigenvalue weighted by atomic mass is 16.5. The highest BCUT2D eigenvalue weighted by Crippen LogP contribution is 2.29. The van der Waals surface area contributed by atoms with Gasteiger partial charge in [-0.05, 0) is 55.3 Å². The van der Waals surface area contributed by atoms with E-state index in [1.165, 1.54) is 0 Å². The molecule has 4 aromatic rings. The molecule has 2 N–H and O–H groups in total. The fraction of sp³-hybridized carbons (Fsp3) is 0.125. The molecule has 1 heterocycles. The van der Waals surface area contributed by atoms with E-state index in [-0.39, 0.29) is 11.8 Å². The van der Waals surface area contributed by atoms with Gasteiger partial charge in [0.15, 0.2) is 5.76 Å². The number of nitrogens with one attached hydrogen (secondary N) is 2. The number of nitrogens with zero attached hydrogens (tertiary/aromatic N) is 1. The summed E-state index contributed by atoms with van der Waals surface area (Å²) in [6.45, 7) is 0. The third-order valence-electron chi connectivity index (χ3n) is 5.09. The van der Waals surface area contributed by atoms with Crippen LogP contribution in [0.25, 0.3) is 22.2 Å². The van der Waals surface area contributed by atoms with E-state index in [1.807, 2.05) is 30.3 Å². The third-order valence-corrected chi connectivity index (χ3v) is 5.09. The van der Waals surface area contributed by atoms with Crippen molar-refractivity contribution < 1.29 is 14.1 Å². The normalized spacial score (nSPS) is 13.2. The average molecular weight is 397 g/mol. The van der Waals surface area contributed by atoms with Gasteiger partial charge in [0, 0.05) is 28.4 Å². The Morgan fingerprint density at radius 2 is 1.60 bits per heavy atom. The largest absolute Gasteiger partial charge is 0.355 e. The SMILES string of the molecule is O=C(Nc1ccc(C(=O)NC2CC2)cc1)c1ccc2noc(-c3ccccc3)c2c1. The number of carbonyl (C=O) groups excluding carboxylic acids is 2. The van der Waals surface area contributed by atoms with Crippen LogP contribution in [0.1, 0.15) is 33.6 Å². The smallest absolute Gasteiger partial charge is 0.255 e. The highest BCUT2D eigenvalue weighted by Gasteiger charge is 2.23. The molecule has 0 bridgehead atoms. The van der Waals surface area contributed by atoms with Gasteiger partial charge in [-0.25, -0.2) is 0 Å². The summed E-state index contributed by atoms with van der Waals surface area (Å²) in [4.78, 5) is 24.8. The summed E-state index contributed by atoms with van der Waals surface area (Å²) in [7, 11) is 0. The molecule has 0 aliphatic heterocycles. The molecule has 1 saturated carbocycles. The molecule has 3 aromatic carbocycles. The van der Waals surface area contributed by atoms with E-state index < -0.39 is 0 Å². The second kappa shape index (κ2) is 7.48. The standard InChI is InChI=1S/C24H19N3O3/c28-23(25-19-11-12-19)16-6-9-18(10-7-16)26-24(29)17-8-13-21-20(14-17)22(30-27-21)15-4-2-1-3-5-15/h1-10,13-14,19H,11-12H2,(H,25,28)(H,26,29). The topological polar surface area (TPSA) is 84.2 Å². The molecule has 30 heavy (non-hydrogen) atoms. The van der Waals surface area contributed by atoms with Crippen molar-refractivity contribution in [3.05, 3.63) is 83.9 Å². The molecule has 0 spiro atoms. The van der Waals surface area contributed by atoms with E-state index in [4.69, 9.17) is 4.52 Å². The molecule has 6 heteroatoms. The van der Waals surface area contributed by atoms with Gasteiger partial charge >= 0.3 is 0 Å². The first-order valence-corrected chi connectivity index (χ1v) is 9.84. The van der Waals surface area contributed by atoms with Crippen molar-refractivity contribution in [3.8, 4) is 11.3 Å². The van der Waals surface area contributed by atoms with Gasteiger partial charge in [0.25, 0.3) is 11.8 Å². The predicted octanol–water partition coefficient (Wildman–Crippen LogP) is 4.64. The fourth-order valence-corrected chi connectivity index (χ4v) is 3.29. The molecule has 0 atom stereocenters. The zero-order valence-electron chi connectivity index (χ0n) is 16.1. The first-order chi connectivity index (χ1) is 14.7. The summed E-state index contributed by atoms with van der Waals surface area (Å²) in [5, 5.41) is 10.7. The van der Waals surface area contributed by atoms with E-state index in [9.17, 15) is 9.59 Å². The van der Waals surface area contributed by atoms with Gasteiger partial charge in [-0.3, -0.25) is 9.59 Å². The molecule has 2 amide bonds. The van der Waals surface area contributed by atoms with Gasteiger partial charge in [-0.2, -0.15) is 0 Å². The molecule has 0 saturated heterocycles. The molecular formula is C24H19N3O3. The number of fused-ring (bicyclic) bond motifs is 1. The van der Waals surface area contributed by atoms with Crippen LogP contribution >= 0.6 is 0 Å². The third kappa shape index (κ3) is 3.67. The molecule has 0 unspecified atom stereocenters.